The lowest BCUT2D eigenvalue weighted by atomic mass is 10.2. The van der Waals surface area contributed by atoms with E-state index in [1.54, 1.807) is 29.2 Å². The average molecular weight is 301 g/mol. The monoisotopic (exact) mass is 300 g/mol. The fourth-order valence-electron chi connectivity index (χ4n) is 2.12. The molecule has 0 spiro atoms. The summed E-state index contributed by atoms with van der Waals surface area (Å²) in [7, 11) is 0. The highest BCUT2D eigenvalue weighted by Crippen LogP contribution is 2.22. The third kappa shape index (κ3) is 3.03. The van der Waals surface area contributed by atoms with Crippen molar-refractivity contribution in [3.8, 4) is 0 Å². The molecule has 6 heteroatoms. The molecule has 2 heterocycles. The van der Waals surface area contributed by atoms with Crippen LogP contribution < -0.4 is 5.32 Å². The smallest absolute Gasteiger partial charge is 0.226 e. The number of aryl methyl sites for hydroxylation is 1. The van der Waals surface area contributed by atoms with Crippen LogP contribution in [0.15, 0.2) is 48.8 Å². The molecule has 106 valence electrons. The number of nitrogens with one attached hydrogen (secondary N) is 1. The van der Waals surface area contributed by atoms with Gasteiger partial charge in [0.1, 0.15) is 0 Å². The average Bonchev–Trinajstić information content (AvgIpc) is 2.83. The molecule has 3 aromatic rings. The number of amides is 1. The summed E-state index contributed by atoms with van der Waals surface area (Å²) in [5.41, 5.74) is 1.61. The summed E-state index contributed by atoms with van der Waals surface area (Å²) in [6.45, 7) is 0.472. The maximum Gasteiger partial charge on any atom is 0.226 e. The SMILES string of the molecule is O=C(CCn1nc(Cl)c2ccccc21)Nc1cccnc1. The normalized spacial score (nSPS) is 10.7. The lowest BCUT2D eigenvalue weighted by Crippen LogP contribution is -2.15. The number of nitrogens with zero attached hydrogens (tertiary/aromatic N) is 3. The number of carbonyl (C=O) groups is 1. The van der Waals surface area contributed by atoms with Gasteiger partial charge in [-0.2, -0.15) is 5.10 Å². The van der Waals surface area contributed by atoms with E-state index in [4.69, 9.17) is 11.6 Å². The van der Waals surface area contributed by atoms with Crippen LogP contribution in [0.25, 0.3) is 10.9 Å². The molecule has 0 atom stereocenters. The van der Waals surface area contributed by atoms with Crippen LogP contribution >= 0.6 is 11.6 Å². The van der Waals surface area contributed by atoms with Crippen LogP contribution in [0.1, 0.15) is 6.42 Å². The Hall–Kier alpha value is -2.40. The molecule has 1 N–H and O–H groups in total. The summed E-state index contributed by atoms with van der Waals surface area (Å²) in [4.78, 5) is 15.9. The number of halogens is 1. The van der Waals surface area contributed by atoms with Crippen molar-refractivity contribution in [2.24, 2.45) is 0 Å². The van der Waals surface area contributed by atoms with Gasteiger partial charge in [-0.05, 0) is 24.3 Å². The number of fused-ring (bicyclic) bond motifs is 1. The first kappa shape index (κ1) is 13.6. The van der Waals surface area contributed by atoms with Crippen molar-refractivity contribution >= 4 is 34.1 Å². The molecule has 1 amide bonds. The maximum atomic E-state index is 11.9. The number of rotatable bonds is 4. The highest BCUT2D eigenvalue weighted by Gasteiger charge is 2.09. The van der Waals surface area contributed by atoms with Crippen LogP contribution in [0.5, 0.6) is 0 Å². The lowest BCUT2D eigenvalue weighted by Gasteiger charge is -2.05. The molecule has 0 fully saturated rings. The first-order chi connectivity index (χ1) is 10.2. The quantitative estimate of drug-likeness (QED) is 0.805. The van der Waals surface area contributed by atoms with Crippen molar-refractivity contribution in [1.82, 2.24) is 14.8 Å². The summed E-state index contributed by atoms with van der Waals surface area (Å²) in [5.74, 6) is -0.0845. The third-order valence-electron chi connectivity index (χ3n) is 3.11. The summed E-state index contributed by atoms with van der Waals surface area (Å²) < 4.78 is 1.75. The largest absolute Gasteiger partial charge is 0.325 e. The Morgan fingerprint density at radius 1 is 1.24 bits per heavy atom. The molecule has 21 heavy (non-hydrogen) atoms. The maximum absolute atomic E-state index is 11.9. The molecule has 0 aliphatic carbocycles. The van der Waals surface area contributed by atoms with Gasteiger partial charge in [0.05, 0.1) is 23.9 Å². The first-order valence-electron chi connectivity index (χ1n) is 6.55. The van der Waals surface area contributed by atoms with E-state index < -0.39 is 0 Å². The second-order valence-corrected chi connectivity index (χ2v) is 4.93. The van der Waals surface area contributed by atoms with Crippen molar-refractivity contribution in [2.75, 3.05) is 5.32 Å². The summed E-state index contributed by atoms with van der Waals surface area (Å²) in [6, 6.07) is 11.3. The van der Waals surface area contributed by atoms with Gasteiger partial charge >= 0.3 is 0 Å². The first-order valence-corrected chi connectivity index (χ1v) is 6.93. The zero-order valence-electron chi connectivity index (χ0n) is 11.2. The molecule has 5 nitrogen and oxygen atoms in total. The molecule has 0 bridgehead atoms. The minimum atomic E-state index is -0.0845. The number of hydrogen-bond donors (Lipinski definition) is 1. The van der Waals surface area contributed by atoms with Gasteiger partial charge in [-0.25, -0.2) is 0 Å². The number of carbonyl (C=O) groups excluding carboxylic acids is 1. The number of para-hydroxylation sites is 1. The van der Waals surface area contributed by atoms with E-state index in [-0.39, 0.29) is 5.91 Å². The molecular formula is C15H13ClN4O. The van der Waals surface area contributed by atoms with E-state index in [1.807, 2.05) is 24.3 Å². The van der Waals surface area contributed by atoms with Gasteiger partial charge in [0, 0.05) is 18.0 Å². The fraction of sp³-hybridized carbons (Fsp3) is 0.133. The van der Waals surface area contributed by atoms with Crippen molar-refractivity contribution in [1.29, 1.82) is 0 Å². The Morgan fingerprint density at radius 2 is 2.10 bits per heavy atom. The molecule has 0 aliphatic rings. The van der Waals surface area contributed by atoms with Crippen LogP contribution in [0.3, 0.4) is 0 Å². The Balaban J connectivity index is 1.68. The Labute approximate surface area is 126 Å². The van der Waals surface area contributed by atoms with Crippen LogP contribution in [0.4, 0.5) is 5.69 Å². The van der Waals surface area contributed by atoms with Gasteiger partial charge in [0.2, 0.25) is 5.91 Å². The highest BCUT2D eigenvalue weighted by atomic mass is 35.5. The zero-order chi connectivity index (χ0) is 14.7. The molecule has 0 radical (unpaired) electrons. The number of hydrogen-bond acceptors (Lipinski definition) is 3. The summed E-state index contributed by atoms with van der Waals surface area (Å²) in [5, 5.41) is 8.40. The third-order valence-corrected chi connectivity index (χ3v) is 3.39. The second-order valence-electron chi connectivity index (χ2n) is 4.57. The molecule has 0 unspecified atom stereocenters. The van der Waals surface area contributed by atoms with E-state index in [9.17, 15) is 4.79 Å². The van der Waals surface area contributed by atoms with Crippen LogP contribution in [0.2, 0.25) is 5.15 Å². The Kier molecular flexibility index (Phi) is 3.83. The topological polar surface area (TPSA) is 59.8 Å². The summed E-state index contributed by atoms with van der Waals surface area (Å²) in [6.07, 6.45) is 3.59. The predicted octanol–water partition coefficient (Wildman–Crippen LogP) is 3.11. The standard InChI is InChI=1S/C15H13ClN4O/c16-15-12-5-1-2-6-13(12)20(19-15)9-7-14(21)18-11-4-3-8-17-10-11/h1-6,8,10H,7,9H2,(H,18,21). The van der Waals surface area contributed by atoms with Gasteiger partial charge in [-0.3, -0.25) is 14.5 Å². The number of benzene rings is 1. The Morgan fingerprint density at radius 3 is 2.90 bits per heavy atom. The molecule has 2 aromatic heterocycles. The molecular weight excluding hydrogens is 288 g/mol. The lowest BCUT2D eigenvalue weighted by molar-refractivity contribution is -0.116. The molecule has 0 saturated carbocycles. The van der Waals surface area contributed by atoms with E-state index >= 15 is 0 Å². The number of aromatic nitrogens is 3. The van der Waals surface area contributed by atoms with Gasteiger partial charge < -0.3 is 5.32 Å². The van der Waals surface area contributed by atoms with E-state index in [0.717, 1.165) is 10.9 Å². The van der Waals surface area contributed by atoms with E-state index in [2.05, 4.69) is 15.4 Å². The minimum absolute atomic E-state index is 0.0845. The van der Waals surface area contributed by atoms with Crippen LogP contribution in [0, 0.1) is 0 Å². The fourth-order valence-corrected chi connectivity index (χ4v) is 2.38. The van der Waals surface area contributed by atoms with Crippen LogP contribution in [-0.4, -0.2) is 20.7 Å². The van der Waals surface area contributed by atoms with Gasteiger partial charge in [0.25, 0.3) is 0 Å². The minimum Gasteiger partial charge on any atom is -0.325 e. The molecule has 0 aliphatic heterocycles. The van der Waals surface area contributed by atoms with Gasteiger partial charge in [0.15, 0.2) is 5.15 Å². The molecule has 0 saturated heterocycles. The Bertz CT molecular complexity index is 770. The van der Waals surface area contributed by atoms with Crippen LogP contribution in [-0.2, 0) is 11.3 Å². The predicted molar refractivity (Wildman–Crippen MR) is 82.2 cm³/mol. The van der Waals surface area contributed by atoms with Crippen molar-refractivity contribution in [3.05, 3.63) is 53.9 Å². The summed E-state index contributed by atoms with van der Waals surface area (Å²) >= 11 is 6.08. The second kappa shape index (κ2) is 5.93. The van der Waals surface area contributed by atoms with E-state index in [1.165, 1.54) is 0 Å². The highest BCUT2D eigenvalue weighted by molar-refractivity contribution is 6.34. The van der Waals surface area contributed by atoms with Crippen molar-refractivity contribution in [2.45, 2.75) is 13.0 Å². The van der Waals surface area contributed by atoms with Gasteiger partial charge in [-0.1, -0.05) is 23.7 Å². The molecule has 1 aromatic carbocycles. The number of anilines is 1. The zero-order valence-corrected chi connectivity index (χ0v) is 11.9. The number of pyridine rings is 1. The van der Waals surface area contributed by atoms with Crippen molar-refractivity contribution in [3.63, 3.8) is 0 Å². The van der Waals surface area contributed by atoms with Crippen molar-refractivity contribution < 1.29 is 4.79 Å². The van der Waals surface area contributed by atoms with Gasteiger partial charge in [-0.15, -0.1) is 0 Å². The van der Waals surface area contributed by atoms with E-state index in [0.29, 0.717) is 23.8 Å². The molecule has 3 rings (SSSR count).